The smallest absolute Gasteiger partial charge is 0.123 e. The lowest BCUT2D eigenvalue weighted by Gasteiger charge is -2.08. The predicted octanol–water partition coefficient (Wildman–Crippen LogP) is 4.33. The second kappa shape index (κ2) is 4.33. The van der Waals surface area contributed by atoms with Crippen LogP contribution in [0.1, 0.15) is 18.1 Å². The van der Waals surface area contributed by atoms with Crippen molar-refractivity contribution in [1.82, 2.24) is 4.98 Å². The van der Waals surface area contributed by atoms with E-state index in [0.29, 0.717) is 0 Å². The molecule has 2 aromatic rings. The Kier molecular flexibility index (Phi) is 3.08. The van der Waals surface area contributed by atoms with Gasteiger partial charge in [0.2, 0.25) is 0 Å². The molecule has 0 bridgehead atoms. The summed E-state index contributed by atoms with van der Waals surface area (Å²) in [5.74, 6) is 0. The third-order valence-electron chi connectivity index (χ3n) is 2.52. The van der Waals surface area contributed by atoms with Crippen LogP contribution >= 0.6 is 22.9 Å². The summed E-state index contributed by atoms with van der Waals surface area (Å²) in [5, 5.41) is 3.83. The first-order valence-corrected chi connectivity index (χ1v) is 6.17. The summed E-state index contributed by atoms with van der Waals surface area (Å²) in [4.78, 5) is 4.32. The van der Waals surface area contributed by atoms with Crippen molar-refractivity contribution in [1.29, 1.82) is 0 Å². The minimum Gasteiger partial charge on any atom is -0.245 e. The van der Waals surface area contributed by atoms with Crippen LogP contribution in [0.2, 0.25) is 5.02 Å². The van der Waals surface area contributed by atoms with Gasteiger partial charge in [-0.1, -0.05) is 18.5 Å². The molecule has 0 spiro atoms. The Labute approximate surface area is 98.7 Å². The number of aryl methyl sites for hydroxylation is 1. The Morgan fingerprint density at radius 1 is 1.40 bits per heavy atom. The molecule has 15 heavy (non-hydrogen) atoms. The molecule has 0 unspecified atom stereocenters. The number of halogens is 1. The highest BCUT2D eigenvalue weighted by Gasteiger charge is 2.09. The zero-order valence-corrected chi connectivity index (χ0v) is 10.3. The van der Waals surface area contributed by atoms with Crippen molar-refractivity contribution >= 4 is 22.9 Å². The van der Waals surface area contributed by atoms with Gasteiger partial charge in [-0.2, -0.15) is 0 Å². The molecule has 1 nitrogen and oxygen atoms in total. The molecule has 0 aliphatic rings. The summed E-state index contributed by atoms with van der Waals surface area (Å²) in [6.45, 7) is 4.27. The van der Waals surface area contributed by atoms with E-state index in [0.717, 1.165) is 22.0 Å². The van der Waals surface area contributed by atoms with Crippen molar-refractivity contribution in [3.63, 3.8) is 0 Å². The maximum Gasteiger partial charge on any atom is 0.123 e. The Morgan fingerprint density at radius 3 is 2.80 bits per heavy atom. The summed E-state index contributed by atoms with van der Waals surface area (Å²) >= 11 is 7.74. The molecule has 1 aromatic carbocycles. The second-order valence-corrected chi connectivity index (χ2v) is 4.76. The normalized spacial score (nSPS) is 10.6. The molecular weight excluding hydrogens is 226 g/mol. The van der Waals surface area contributed by atoms with Gasteiger partial charge in [-0.3, -0.25) is 0 Å². The van der Waals surface area contributed by atoms with Gasteiger partial charge in [0.1, 0.15) is 5.01 Å². The lowest BCUT2D eigenvalue weighted by molar-refractivity contribution is 1.11. The van der Waals surface area contributed by atoms with E-state index in [1.54, 1.807) is 11.3 Å². The number of aromatic nitrogens is 1. The van der Waals surface area contributed by atoms with Gasteiger partial charge in [0.05, 0.1) is 0 Å². The molecule has 0 aliphatic carbocycles. The van der Waals surface area contributed by atoms with Crippen LogP contribution in [0.15, 0.2) is 23.7 Å². The number of hydrogen-bond acceptors (Lipinski definition) is 2. The molecule has 3 heteroatoms. The lowest BCUT2D eigenvalue weighted by atomic mass is 10.0. The van der Waals surface area contributed by atoms with E-state index in [1.807, 2.05) is 23.7 Å². The molecule has 0 amide bonds. The van der Waals surface area contributed by atoms with E-state index in [9.17, 15) is 0 Å². The van der Waals surface area contributed by atoms with Gasteiger partial charge in [-0.25, -0.2) is 4.98 Å². The highest BCUT2D eigenvalue weighted by atomic mass is 35.5. The van der Waals surface area contributed by atoms with Crippen molar-refractivity contribution < 1.29 is 0 Å². The zero-order chi connectivity index (χ0) is 10.8. The Bertz CT molecular complexity index is 463. The third-order valence-corrected chi connectivity index (χ3v) is 3.55. The quantitative estimate of drug-likeness (QED) is 0.758. The largest absolute Gasteiger partial charge is 0.245 e. The van der Waals surface area contributed by atoms with Gasteiger partial charge in [0.15, 0.2) is 0 Å². The van der Waals surface area contributed by atoms with E-state index >= 15 is 0 Å². The van der Waals surface area contributed by atoms with Crippen LogP contribution < -0.4 is 0 Å². The zero-order valence-electron chi connectivity index (χ0n) is 8.75. The Hall–Kier alpha value is -0.860. The Morgan fingerprint density at radius 2 is 2.20 bits per heavy atom. The fraction of sp³-hybridized carbons (Fsp3) is 0.250. The molecule has 0 saturated heterocycles. The van der Waals surface area contributed by atoms with Crippen LogP contribution in [0, 0.1) is 6.92 Å². The molecule has 1 heterocycles. The number of benzene rings is 1. The maximum absolute atomic E-state index is 6.09. The van der Waals surface area contributed by atoms with Crippen molar-refractivity contribution in [3.8, 4) is 10.6 Å². The summed E-state index contributed by atoms with van der Waals surface area (Å²) < 4.78 is 0. The monoisotopic (exact) mass is 237 g/mol. The standard InChI is InChI=1S/C12H12ClNS/c1-3-9-6-10(13)7-11(8(9)2)12-14-4-5-15-12/h4-7H,3H2,1-2H3. The molecule has 78 valence electrons. The molecule has 2 rings (SSSR count). The second-order valence-electron chi connectivity index (χ2n) is 3.43. The third kappa shape index (κ3) is 2.06. The highest BCUT2D eigenvalue weighted by molar-refractivity contribution is 7.13. The van der Waals surface area contributed by atoms with Crippen LogP contribution in [-0.2, 0) is 6.42 Å². The highest BCUT2D eigenvalue weighted by Crippen LogP contribution is 2.30. The van der Waals surface area contributed by atoms with Gasteiger partial charge in [-0.05, 0) is 36.6 Å². The van der Waals surface area contributed by atoms with Gasteiger partial charge < -0.3 is 0 Å². The van der Waals surface area contributed by atoms with Crippen LogP contribution in [-0.4, -0.2) is 4.98 Å². The van der Waals surface area contributed by atoms with E-state index in [1.165, 1.54) is 11.1 Å². The number of rotatable bonds is 2. The number of nitrogens with zero attached hydrogens (tertiary/aromatic N) is 1. The number of thiazole rings is 1. The molecule has 0 atom stereocenters. The summed E-state index contributed by atoms with van der Waals surface area (Å²) in [7, 11) is 0. The van der Waals surface area contributed by atoms with Gasteiger partial charge in [0, 0.05) is 22.2 Å². The van der Waals surface area contributed by atoms with E-state index in [-0.39, 0.29) is 0 Å². The Balaban J connectivity index is 2.61. The van der Waals surface area contributed by atoms with E-state index in [2.05, 4.69) is 18.8 Å². The number of hydrogen-bond donors (Lipinski definition) is 0. The summed E-state index contributed by atoms with van der Waals surface area (Å²) in [5.41, 5.74) is 3.75. The molecule has 0 fully saturated rings. The van der Waals surface area contributed by atoms with Crippen LogP contribution in [0.4, 0.5) is 0 Å². The molecule has 0 N–H and O–H groups in total. The van der Waals surface area contributed by atoms with Gasteiger partial charge in [-0.15, -0.1) is 11.3 Å². The van der Waals surface area contributed by atoms with Gasteiger partial charge in [0.25, 0.3) is 0 Å². The van der Waals surface area contributed by atoms with E-state index in [4.69, 9.17) is 11.6 Å². The first kappa shape index (κ1) is 10.7. The van der Waals surface area contributed by atoms with Crippen molar-refractivity contribution in [2.24, 2.45) is 0 Å². The van der Waals surface area contributed by atoms with Crippen molar-refractivity contribution in [2.45, 2.75) is 20.3 Å². The van der Waals surface area contributed by atoms with Crippen LogP contribution in [0.5, 0.6) is 0 Å². The minimum absolute atomic E-state index is 0.794. The molecule has 0 aliphatic heterocycles. The molecule has 0 saturated carbocycles. The lowest BCUT2D eigenvalue weighted by Crippen LogP contribution is -1.90. The van der Waals surface area contributed by atoms with Crippen LogP contribution in [0.25, 0.3) is 10.6 Å². The topological polar surface area (TPSA) is 12.9 Å². The van der Waals surface area contributed by atoms with Crippen LogP contribution in [0.3, 0.4) is 0 Å². The van der Waals surface area contributed by atoms with Crippen molar-refractivity contribution in [3.05, 3.63) is 39.9 Å². The van der Waals surface area contributed by atoms with Gasteiger partial charge >= 0.3 is 0 Å². The predicted molar refractivity (Wildman–Crippen MR) is 66.7 cm³/mol. The average molecular weight is 238 g/mol. The maximum atomic E-state index is 6.09. The van der Waals surface area contributed by atoms with Crippen molar-refractivity contribution in [2.75, 3.05) is 0 Å². The fourth-order valence-electron chi connectivity index (χ4n) is 1.68. The fourth-order valence-corrected chi connectivity index (χ4v) is 2.63. The first-order chi connectivity index (χ1) is 7.22. The summed E-state index contributed by atoms with van der Waals surface area (Å²) in [6.07, 6.45) is 2.83. The molecular formula is C12H12ClNS. The average Bonchev–Trinajstić information content (AvgIpc) is 2.74. The first-order valence-electron chi connectivity index (χ1n) is 4.91. The minimum atomic E-state index is 0.794. The molecule has 0 radical (unpaired) electrons. The SMILES string of the molecule is CCc1cc(Cl)cc(-c2nccs2)c1C. The summed E-state index contributed by atoms with van der Waals surface area (Å²) in [6, 6.07) is 4.03. The molecule has 1 aromatic heterocycles. The van der Waals surface area contributed by atoms with E-state index < -0.39 is 0 Å².